The number of ether oxygens (including phenoxy) is 1. The van der Waals surface area contributed by atoms with Crippen molar-refractivity contribution < 1.29 is 13.6 Å². The maximum absolute atomic E-state index is 5.99. The fourth-order valence-electron chi connectivity index (χ4n) is 1.87. The maximum Gasteiger partial charge on any atom is 0.334 e. The van der Waals surface area contributed by atoms with E-state index in [0.717, 1.165) is 38.7 Å². The molecular weight excluding hydrogens is 232 g/mol. The SMILES string of the molecule is CCCO[Si](C)(CCCCC1CO1)OCCC. The zero-order valence-electron chi connectivity index (χ0n) is 11.7. The summed E-state index contributed by atoms with van der Waals surface area (Å²) in [6.07, 6.45) is 6.40. The molecule has 102 valence electrons. The van der Waals surface area contributed by atoms with Gasteiger partial charge in [-0.05, 0) is 31.9 Å². The highest BCUT2D eigenvalue weighted by Crippen LogP contribution is 2.22. The summed E-state index contributed by atoms with van der Waals surface area (Å²) < 4.78 is 17.2. The molecule has 17 heavy (non-hydrogen) atoms. The summed E-state index contributed by atoms with van der Waals surface area (Å²) in [4.78, 5) is 0. The molecule has 1 rings (SSSR count). The van der Waals surface area contributed by atoms with E-state index in [1.807, 2.05) is 0 Å². The average Bonchev–Trinajstić information content (AvgIpc) is 3.14. The molecule has 0 N–H and O–H groups in total. The van der Waals surface area contributed by atoms with Crippen LogP contribution in [0.5, 0.6) is 0 Å². The highest BCUT2D eigenvalue weighted by atomic mass is 28.4. The molecule has 1 heterocycles. The van der Waals surface area contributed by atoms with E-state index in [0.29, 0.717) is 6.10 Å². The Morgan fingerprint density at radius 3 is 2.18 bits per heavy atom. The second kappa shape index (κ2) is 8.24. The van der Waals surface area contributed by atoms with E-state index in [-0.39, 0.29) is 0 Å². The van der Waals surface area contributed by atoms with Crippen molar-refractivity contribution in [2.24, 2.45) is 0 Å². The Bertz CT molecular complexity index is 187. The normalized spacial score (nSPS) is 19.6. The van der Waals surface area contributed by atoms with Crippen LogP contribution >= 0.6 is 0 Å². The smallest absolute Gasteiger partial charge is 0.334 e. The minimum Gasteiger partial charge on any atom is -0.394 e. The minimum atomic E-state index is -1.88. The Hall–Kier alpha value is 0.0969. The Labute approximate surface area is 107 Å². The van der Waals surface area contributed by atoms with Crippen LogP contribution < -0.4 is 0 Å². The summed E-state index contributed by atoms with van der Waals surface area (Å²) in [6, 6.07) is 1.12. The molecule has 1 saturated heterocycles. The molecule has 4 heteroatoms. The summed E-state index contributed by atoms with van der Waals surface area (Å²) in [6.45, 7) is 9.19. The van der Waals surface area contributed by atoms with E-state index in [1.165, 1.54) is 19.3 Å². The lowest BCUT2D eigenvalue weighted by Gasteiger charge is -2.26. The summed E-state index contributed by atoms with van der Waals surface area (Å²) in [5, 5.41) is 0. The van der Waals surface area contributed by atoms with Crippen LogP contribution in [-0.4, -0.2) is 34.5 Å². The standard InChI is InChI=1S/C13H28O3Si/c1-4-9-15-17(3,16-10-5-2)11-7-6-8-13-12-14-13/h13H,4-12H2,1-3H3. The fourth-order valence-corrected chi connectivity index (χ4v) is 4.41. The van der Waals surface area contributed by atoms with Gasteiger partial charge in [0, 0.05) is 13.2 Å². The highest BCUT2D eigenvalue weighted by molar-refractivity contribution is 6.66. The highest BCUT2D eigenvalue weighted by Gasteiger charge is 2.31. The van der Waals surface area contributed by atoms with Crippen LogP contribution in [0.25, 0.3) is 0 Å². The number of hydrogen-bond acceptors (Lipinski definition) is 3. The van der Waals surface area contributed by atoms with Gasteiger partial charge in [0.15, 0.2) is 0 Å². The average molecular weight is 260 g/mol. The first-order valence-electron chi connectivity index (χ1n) is 7.09. The van der Waals surface area contributed by atoms with Crippen LogP contribution in [0, 0.1) is 0 Å². The largest absolute Gasteiger partial charge is 0.394 e. The van der Waals surface area contributed by atoms with E-state index in [1.54, 1.807) is 0 Å². The topological polar surface area (TPSA) is 31.0 Å². The van der Waals surface area contributed by atoms with Gasteiger partial charge in [0.25, 0.3) is 0 Å². The summed E-state index contributed by atoms with van der Waals surface area (Å²) >= 11 is 0. The predicted octanol–water partition coefficient (Wildman–Crippen LogP) is 3.48. The molecule has 1 fully saturated rings. The first-order chi connectivity index (χ1) is 8.20. The van der Waals surface area contributed by atoms with E-state index < -0.39 is 8.56 Å². The van der Waals surface area contributed by atoms with E-state index in [4.69, 9.17) is 13.6 Å². The van der Waals surface area contributed by atoms with Crippen molar-refractivity contribution in [3.63, 3.8) is 0 Å². The first-order valence-corrected chi connectivity index (χ1v) is 9.62. The van der Waals surface area contributed by atoms with Crippen molar-refractivity contribution in [1.82, 2.24) is 0 Å². The molecule has 0 bridgehead atoms. The lowest BCUT2D eigenvalue weighted by Crippen LogP contribution is -2.39. The van der Waals surface area contributed by atoms with Crippen molar-refractivity contribution >= 4 is 8.56 Å². The summed E-state index contributed by atoms with van der Waals surface area (Å²) in [7, 11) is -1.88. The molecule has 3 nitrogen and oxygen atoms in total. The Balaban J connectivity index is 2.16. The molecule has 0 aromatic heterocycles. The third-order valence-electron chi connectivity index (χ3n) is 3.03. The quantitative estimate of drug-likeness (QED) is 0.324. The monoisotopic (exact) mass is 260 g/mol. The van der Waals surface area contributed by atoms with Gasteiger partial charge in [-0.25, -0.2) is 0 Å². The predicted molar refractivity (Wildman–Crippen MR) is 72.5 cm³/mol. The lowest BCUT2D eigenvalue weighted by molar-refractivity contribution is 0.172. The Morgan fingerprint density at radius 1 is 1.12 bits per heavy atom. The second-order valence-electron chi connectivity index (χ2n) is 5.03. The molecule has 0 amide bonds. The van der Waals surface area contributed by atoms with E-state index in [2.05, 4.69) is 20.4 Å². The van der Waals surface area contributed by atoms with Gasteiger partial charge >= 0.3 is 8.56 Å². The van der Waals surface area contributed by atoms with Gasteiger partial charge in [-0.1, -0.05) is 26.7 Å². The number of rotatable bonds is 11. The maximum atomic E-state index is 5.99. The van der Waals surface area contributed by atoms with Gasteiger partial charge in [-0.2, -0.15) is 0 Å². The molecular formula is C13H28O3Si. The molecule has 0 aliphatic carbocycles. The summed E-state index contributed by atoms with van der Waals surface area (Å²) in [5.74, 6) is 0. The van der Waals surface area contributed by atoms with Crippen LogP contribution in [0.4, 0.5) is 0 Å². The van der Waals surface area contributed by atoms with Gasteiger partial charge in [-0.3, -0.25) is 0 Å². The third-order valence-corrected chi connectivity index (χ3v) is 5.92. The lowest BCUT2D eigenvalue weighted by atomic mass is 10.2. The zero-order chi connectivity index (χ0) is 12.6. The van der Waals surface area contributed by atoms with Crippen molar-refractivity contribution in [3.05, 3.63) is 0 Å². The number of unbranched alkanes of at least 4 members (excludes halogenated alkanes) is 1. The fraction of sp³-hybridized carbons (Fsp3) is 1.00. The van der Waals surface area contributed by atoms with Gasteiger partial charge in [0.1, 0.15) is 0 Å². The van der Waals surface area contributed by atoms with Crippen molar-refractivity contribution in [1.29, 1.82) is 0 Å². The minimum absolute atomic E-state index is 0.566. The Morgan fingerprint density at radius 2 is 1.71 bits per heavy atom. The molecule has 1 aliphatic heterocycles. The van der Waals surface area contributed by atoms with Crippen molar-refractivity contribution in [2.45, 2.75) is 64.6 Å². The molecule has 1 atom stereocenters. The molecule has 0 aromatic carbocycles. The van der Waals surface area contributed by atoms with Gasteiger partial charge < -0.3 is 13.6 Å². The van der Waals surface area contributed by atoms with Crippen molar-refractivity contribution in [2.75, 3.05) is 19.8 Å². The summed E-state index contributed by atoms with van der Waals surface area (Å²) in [5.41, 5.74) is 0. The van der Waals surface area contributed by atoms with Crippen LogP contribution in [0.1, 0.15) is 46.0 Å². The van der Waals surface area contributed by atoms with Crippen molar-refractivity contribution in [3.8, 4) is 0 Å². The van der Waals surface area contributed by atoms with E-state index >= 15 is 0 Å². The molecule has 1 aliphatic rings. The molecule has 0 spiro atoms. The van der Waals surface area contributed by atoms with Crippen LogP contribution in [0.3, 0.4) is 0 Å². The molecule has 0 aromatic rings. The third kappa shape index (κ3) is 7.19. The van der Waals surface area contributed by atoms with Gasteiger partial charge in [0.05, 0.1) is 12.7 Å². The van der Waals surface area contributed by atoms with Gasteiger partial charge in [0.2, 0.25) is 0 Å². The van der Waals surface area contributed by atoms with Crippen LogP contribution in [-0.2, 0) is 13.6 Å². The van der Waals surface area contributed by atoms with E-state index in [9.17, 15) is 0 Å². The number of epoxide rings is 1. The van der Waals surface area contributed by atoms with Crippen LogP contribution in [0.2, 0.25) is 12.6 Å². The number of hydrogen-bond donors (Lipinski definition) is 0. The second-order valence-corrected chi connectivity index (χ2v) is 8.38. The zero-order valence-corrected chi connectivity index (χ0v) is 12.7. The first kappa shape index (κ1) is 15.2. The molecule has 0 saturated carbocycles. The van der Waals surface area contributed by atoms with Crippen LogP contribution in [0.15, 0.2) is 0 Å². The molecule has 0 radical (unpaired) electrons. The molecule has 1 unspecified atom stereocenters. The van der Waals surface area contributed by atoms with Gasteiger partial charge in [-0.15, -0.1) is 0 Å². The Kier molecular flexibility index (Phi) is 7.35.